The maximum atomic E-state index is 5.17. The van der Waals surface area contributed by atoms with E-state index in [0.717, 1.165) is 43.3 Å². The first kappa shape index (κ1) is 14.2. The van der Waals surface area contributed by atoms with Crippen molar-refractivity contribution < 1.29 is 4.74 Å². The highest BCUT2D eigenvalue weighted by Crippen LogP contribution is 2.26. The van der Waals surface area contributed by atoms with Crippen LogP contribution in [0.2, 0.25) is 0 Å². The van der Waals surface area contributed by atoms with E-state index < -0.39 is 0 Å². The summed E-state index contributed by atoms with van der Waals surface area (Å²) in [6.45, 7) is 3.95. The molecular formula is C15H21N5O. The van der Waals surface area contributed by atoms with Crippen molar-refractivity contribution in [3.05, 3.63) is 30.4 Å². The fourth-order valence-corrected chi connectivity index (χ4v) is 2.83. The van der Waals surface area contributed by atoms with Crippen LogP contribution in [0.25, 0.3) is 11.4 Å². The molecule has 2 aromatic heterocycles. The molecule has 2 aromatic rings. The third-order valence-electron chi connectivity index (χ3n) is 3.97. The Kier molecular flexibility index (Phi) is 4.57. The Labute approximate surface area is 124 Å². The molecule has 6 heteroatoms. The zero-order chi connectivity index (χ0) is 14.5. The number of methoxy groups -OCH3 is 1. The second-order valence-electron chi connectivity index (χ2n) is 5.43. The van der Waals surface area contributed by atoms with E-state index in [-0.39, 0.29) is 0 Å². The molecule has 0 aromatic carbocycles. The minimum atomic E-state index is 0.450. The molecule has 112 valence electrons. The number of aromatic amines is 1. The van der Waals surface area contributed by atoms with Crippen LogP contribution in [0.4, 0.5) is 0 Å². The van der Waals surface area contributed by atoms with Crippen molar-refractivity contribution in [3.8, 4) is 11.4 Å². The first-order valence-electron chi connectivity index (χ1n) is 7.40. The highest BCUT2D eigenvalue weighted by atomic mass is 16.5. The van der Waals surface area contributed by atoms with Crippen LogP contribution < -0.4 is 0 Å². The number of H-pyrrole nitrogens is 1. The van der Waals surface area contributed by atoms with Crippen molar-refractivity contribution in [3.63, 3.8) is 0 Å². The number of piperidine rings is 1. The molecule has 0 saturated carbocycles. The molecule has 1 aliphatic heterocycles. The summed E-state index contributed by atoms with van der Waals surface area (Å²) in [7, 11) is 1.75. The number of hydrogen-bond donors (Lipinski definition) is 1. The van der Waals surface area contributed by atoms with Gasteiger partial charge in [0, 0.05) is 38.5 Å². The fraction of sp³-hybridized carbons (Fsp3) is 0.533. The molecule has 0 radical (unpaired) electrons. The Morgan fingerprint density at radius 3 is 3.19 bits per heavy atom. The van der Waals surface area contributed by atoms with Crippen molar-refractivity contribution in [2.24, 2.45) is 0 Å². The highest BCUT2D eigenvalue weighted by Gasteiger charge is 2.22. The summed E-state index contributed by atoms with van der Waals surface area (Å²) < 4.78 is 5.17. The minimum Gasteiger partial charge on any atom is -0.383 e. The maximum Gasteiger partial charge on any atom is 0.107 e. The van der Waals surface area contributed by atoms with Crippen molar-refractivity contribution >= 4 is 0 Å². The Morgan fingerprint density at radius 2 is 2.38 bits per heavy atom. The van der Waals surface area contributed by atoms with Crippen LogP contribution in [0.15, 0.2) is 24.7 Å². The first-order chi connectivity index (χ1) is 10.4. The van der Waals surface area contributed by atoms with E-state index in [0.29, 0.717) is 5.92 Å². The van der Waals surface area contributed by atoms with E-state index in [9.17, 15) is 0 Å². The van der Waals surface area contributed by atoms with E-state index in [4.69, 9.17) is 9.72 Å². The molecule has 1 atom stereocenters. The first-order valence-corrected chi connectivity index (χ1v) is 7.40. The van der Waals surface area contributed by atoms with E-state index in [1.54, 1.807) is 19.5 Å². The van der Waals surface area contributed by atoms with Crippen LogP contribution in [0, 0.1) is 0 Å². The number of likely N-dealkylation sites (tertiary alicyclic amines) is 1. The van der Waals surface area contributed by atoms with Crippen LogP contribution in [-0.2, 0) is 4.74 Å². The molecular weight excluding hydrogens is 266 g/mol. The zero-order valence-corrected chi connectivity index (χ0v) is 12.3. The predicted octanol–water partition coefficient (Wildman–Crippen LogP) is 1.69. The average molecular weight is 287 g/mol. The van der Waals surface area contributed by atoms with Crippen LogP contribution in [0.5, 0.6) is 0 Å². The molecule has 0 amide bonds. The van der Waals surface area contributed by atoms with Crippen LogP contribution in [-0.4, -0.2) is 58.4 Å². The Morgan fingerprint density at radius 1 is 1.43 bits per heavy atom. The maximum absolute atomic E-state index is 5.17. The molecule has 3 heterocycles. The lowest BCUT2D eigenvalue weighted by Crippen LogP contribution is -2.36. The minimum absolute atomic E-state index is 0.450. The third kappa shape index (κ3) is 3.46. The van der Waals surface area contributed by atoms with Gasteiger partial charge in [-0.1, -0.05) is 0 Å². The summed E-state index contributed by atoms with van der Waals surface area (Å²) in [6.07, 6.45) is 7.78. The largest absolute Gasteiger partial charge is 0.383 e. The SMILES string of the molecule is COCCN1CCCC(c2cncc(-c3ccn[nH]3)n2)C1. The van der Waals surface area contributed by atoms with Gasteiger partial charge in [-0.3, -0.25) is 10.1 Å². The number of nitrogens with zero attached hydrogens (tertiary/aromatic N) is 4. The number of rotatable bonds is 5. The fourth-order valence-electron chi connectivity index (χ4n) is 2.83. The Hall–Kier alpha value is -1.79. The van der Waals surface area contributed by atoms with Crippen LogP contribution in [0.3, 0.4) is 0 Å². The monoisotopic (exact) mass is 287 g/mol. The highest BCUT2D eigenvalue weighted by molar-refractivity contribution is 5.51. The van der Waals surface area contributed by atoms with E-state index >= 15 is 0 Å². The molecule has 21 heavy (non-hydrogen) atoms. The lowest BCUT2D eigenvalue weighted by Gasteiger charge is -2.32. The van der Waals surface area contributed by atoms with Crippen LogP contribution >= 0.6 is 0 Å². The van der Waals surface area contributed by atoms with E-state index in [1.165, 1.54) is 12.8 Å². The standard InChI is InChI=1S/C15H21N5O/c1-21-8-7-20-6-2-3-12(11-20)14-9-16-10-15(18-14)13-4-5-17-19-13/h4-5,9-10,12H,2-3,6-8,11H2,1H3,(H,17,19). The molecule has 1 N–H and O–H groups in total. The molecule has 0 bridgehead atoms. The predicted molar refractivity (Wildman–Crippen MR) is 79.9 cm³/mol. The van der Waals surface area contributed by atoms with Gasteiger partial charge in [-0.15, -0.1) is 0 Å². The van der Waals surface area contributed by atoms with Crippen molar-refractivity contribution in [1.29, 1.82) is 0 Å². The van der Waals surface area contributed by atoms with Gasteiger partial charge in [0.15, 0.2) is 0 Å². The van der Waals surface area contributed by atoms with Gasteiger partial charge in [-0.05, 0) is 25.5 Å². The molecule has 1 aliphatic rings. The van der Waals surface area contributed by atoms with Gasteiger partial charge in [0.25, 0.3) is 0 Å². The quantitative estimate of drug-likeness (QED) is 0.906. The van der Waals surface area contributed by atoms with Gasteiger partial charge in [0.1, 0.15) is 5.69 Å². The van der Waals surface area contributed by atoms with Crippen molar-refractivity contribution in [1.82, 2.24) is 25.1 Å². The summed E-state index contributed by atoms with van der Waals surface area (Å²) >= 11 is 0. The van der Waals surface area contributed by atoms with Gasteiger partial charge >= 0.3 is 0 Å². The average Bonchev–Trinajstić information content (AvgIpc) is 3.08. The molecule has 0 aliphatic carbocycles. The zero-order valence-electron chi connectivity index (χ0n) is 12.3. The van der Waals surface area contributed by atoms with Gasteiger partial charge in [-0.2, -0.15) is 5.10 Å². The number of hydrogen-bond acceptors (Lipinski definition) is 5. The summed E-state index contributed by atoms with van der Waals surface area (Å²) in [5.41, 5.74) is 2.85. The topological polar surface area (TPSA) is 66.9 Å². The molecule has 0 spiro atoms. The Bertz CT molecular complexity index is 557. The second kappa shape index (κ2) is 6.78. The normalized spacial score (nSPS) is 19.8. The lowest BCUT2D eigenvalue weighted by atomic mass is 9.95. The van der Waals surface area contributed by atoms with E-state index in [1.807, 2.05) is 12.3 Å². The van der Waals surface area contributed by atoms with Crippen molar-refractivity contribution in [2.45, 2.75) is 18.8 Å². The number of ether oxygens (including phenoxy) is 1. The molecule has 3 rings (SSSR count). The second-order valence-corrected chi connectivity index (χ2v) is 5.43. The van der Waals surface area contributed by atoms with Gasteiger partial charge in [0.2, 0.25) is 0 Å². The summed E-state index contributed by atoms with van der Waals surface area (Å²) in [4.78, 5) is 11.6. The van der Waals surface area contributed by atoms with Crippen LogP contribution in [0.1, 0.15) is 24.5 Å². The van der Waals surface area contributed by atoms with E-state index in [2.05, 4.69) is 20.1 Å². The number of aromatic nitrogens is 4. The molecule has 1 unspecified atom stereocenters. The molecule has 6 nitrogen and oxygen atoms in total. The molecule has 1 saturated heterocycles. The van der Waals surface area contributed by atoms with Gasteiger partial charge < -0.3 is 9.64 Å². The Balaban J connectivity index is 1.72. The summed E-state index contributed by atoms with van der Waals surface area (Å²) in [6, 6.07) is 1.92. The molecule has 1 fully saturated rings. The lowest BCUT2D eigenvalue weighted by molar-refractivity contribution is 0.127. The van der Waals surface area contributed by atoms with Gasteiger partial charge in [-0.25, -0.2) is 4.98 Å². The van der Waals surface area contributed by atoms with Crippen molar-refractivity contribution in [2.75, 3.05) is 33.4 Å². The summed E-state index contributed by atoms with van der Waals surface area (Å²) in [5, 5.41) is 6.91. The smallest absolute Gasteiger partial charge is 0.107 e. The van der Waals surface area contributed by atoms with Gasteiger partial charge in [0.05, 0.1) is 24.2 Å². The third-order valence-corrected chi connectivity index (χ3v) is 3.97. The number of nitrogens with one attached hydrogen (secondary N) is 1. The summed E-state index contributed by atoms with van der Waals surface area (Å²) in [5.74, 6) is 0.450.